The zero-order chi connectivity index (χ0) is 9.26. The Hall–Kier alpha value is -1.63. The van der Waals surface area contributed by atoms with E-state index in [0.717, 1.165) is 18.5 Å². The van der Waals surface area contributed by atoms with Gasteiger partial charge in [0.05, 0.1) is 17.8 Å². The molecule has 4 heteroatoms. The van der Waals surface area contributed by atoms with Crippen molar-refractivity contribution in [1.29, 1.82) is 5.26 Å². The van der Waals surface area contributed by atoms with Gasteiger partial charge in [-0.1, -0.05) is 0 Å². The molecule has 1 aliphatic carbocycles. The molecule has 0 radical (unpaired) electrons. The van der Waals surface area contributed by atoms with E-state index in [2.05, 4.69) is 10.2 Å². The quantitative estimate of drug-likeness (QED) is 0.599. The smallest absolute Gasteiger partial charge is 0.183 e. The molecular weight excluding hydrogens is 166 g/mol. The molecule has 0 aliphatic heterocycles. The minimum absolute atomic E-state index is 0.0799. The number of fused-ring (bicyclic) bond motifs is 1. The van der Waals surface area contributed by atoms with Gasteiger partial charge in [-0.05, 0) is 19.3 Å². The average molecular weight is 175 g/mol. The number of nitriles is 1. The van der Waals surface area contributed by atoms with Crippen molar-refractivity contribution >= 4 is 5.78 Å². The maximum absolute atomic E-state index is 11.6. The monoisotopic (exact) mass is 175 g/mol. The van der Waals surface area contributed by atoms with Gasteiger partial charge in [0, 0.05) is 5.69 Å². The van der Waals surface area contributed by atoms with E-state index >= 15 is 0 Å². The first-order valence-corrected chi connectivity index (χ1v) is 4.29. The molecule has 0 saturated heterocycles. The number of hydrogen-bond acceptors (Lipinski definition) is 3. The summed E-state index contributed by atoms with van der Waals surface area (Å²) in [6, 6.07) is 2.03. The molecule has 66 valence electrons. The Kier molecular flexibility index (Phi) is 1.85. The fourth-order valence-electron chi connectivity index (χ4n) is 1.64. The normalized spacial score (nSPS) is 21.8. The molecule has 0 bridgehead atoms. The third-order valence-electron chi connectivity index (χ3n) is 2.38. The number of H-pyrrole nitrogens is 1. The van der Waals surface area contributed by atoms with Crippen molar-refractivity contribution < 1.29 is 4.79 Å². The molecular formula is C9H9N3O. The Morgan fingerprint density at radius 2 is 2.54 bits per heavy atom. The van der Waals surface area contributed by atoms with E-state index in [4.69, 9.17) is 5.26 Å². The lowest BCUT2D eigenvalue weighted by molar-refractivity contribution is 0.0946. The van der Waals surface area contributed by atoms with Gasteiger partial charge in [0.25, 0.3) is 0 Å². The first-order chi connectivity index (χ1) is 6.33. The summed E-state index contributed by atoms with van der Waals surface area (Å²) in [5.41, 5.74) is 1.48. The number of nitrogens with zero attached hydrogens (tertiary/aromatic N) is 2. The van der Waals surface area contributed by atoms with Crippen LogP contribution in [0, 0.1) is 17.2 Å². The van der Waals surface area contributed by atoms with Gasteiger partial charge in [-0.15, -0.1) is 0 Å². The fourth-order valence-corrected chi connectivity index (χ4v) is 1.64. The lowest BCUT2D eigenvalue weighted by Gasteiger charge is -2.00. The number of Topliss-reactive ketones (excluding diaryl/α,β-unsaturated/α-hetero) is 1. The largest absolute Gasteiger partial charge is 0.293 e. The molecule has 0 saturated carbocycles. The van der Waals surface area contributed by atoms with Crippen molar-refractivity contribution in [3.8, 4) is 6.07 Å². The van der Waals surface area contributed by atoms with Crippen molar-refractivity contribution in [2.24, 2.45) is 5.92 Å². The highest BCUT2D eigenvalue weighted by Gasteiger charge is 2.26. The second-order valence-electron chi connectivity index (χ2n) is 3.20. The molecule has 1 N–H and O–H groups in total. The maximum atomic E-state index is 11.6. The van der Waals surface area contributed by atoms with Crippen molar-refractivity contribution in [2.45, 2.75) is 19.3 Å². The van der Waals surface area contributed by atoms with Crippen LogP contribution in [0.3, 0.4) is 0 Å². The van der Waals surface area contributed by atoms with E-state index in [9.17, 15) is 4.79 Å². The minimum Gasteiger partial charge on any atom is -0.293 e. The number of rotatable bonds is 0. The Balaban J connectivity index is 2.41. The van der Waals surface area contributed by atoms with Crippen LogP contribution < -0.4 is 0 Å². The van der Waals surface area contributed by atoms with Crippen LogP contribution in [0.4, 0.5) is 0 Å². The molecule has 1 atom stereocenters. The summed E-state index contributed by atoms with van der Waals surface area (Å²) >= 11 is 0. The highest BCUT2D eigenvalue weighted by molar-refractivity contribution is 6.00. The van der Waals surface area contributed by atoms with Crippen LogP contribution in [0.1, 0.15) is 28.9 Å². The number of ketones is 1. The maximum Gasteiger partial charge on any atom is 0.183 e. The SMILES string of the molecule is N#CC1CCCc2[nH]ncc2C1=O. The second-order valence-corrected chi connectivity index (χ2v) is 3.20. The van der Waals surface area contributed by atoms with Crippen molar-refractivity contribution in [2.75, 3.05) is 0 Å². The van der Waals surface area contributed by atoms with E-state index in [0.29, 0.717) is 12.0 Å². The Morgan fingerprint density at radius 3 is 3.31 bits per heavy atom. The summed E-state index contributed by atoms with van der Waals surface area (Å²) in [4.78, 5) is 11.6. The molecule has 1 aliphatic rings. The summed E-state index contributed by atoms with van der Waals surface area (Å²) in [6.07, 6.45) is 3.88. The zero-order valence-corrected chi connectivity index (χ0v) is 7.08. The second kappa shape index (κ2) is 3.02. The van der Waals surface area contributed by atoms with Crippen LogP contribution >= 0.6 is 0 Å². The number of carbonyl (C=O) groups excluding carboxylic acids is 1. The topological polar surface area (TPSA) is 69.5 Å². The average Bonchev–Trinajstić information content (AvgIpc) is 2.54. The van der Waals surface area contributed by atoms with Gasteiger partial charge in [0.15, 0.2) is 5.78 Å². The van der Waals surface area contributed by atoms with Crippen molar-refractivity contribution in [1.82, 2.24) is 10.2 Å². The standard InChI is InChI=1S/C9H9N3O/c10-4-6-2-1-3-8-7(9(6)13)5-11-12-8/h5-6H,1-3H2,(H,11,12). The highest BCUT2D eigenvalue weighted by atomic mass is 16.1. The van der Waals surface area contributed by atoms with Crippen LogP contribution in [0.15, 0.2) is 6.20 Å². The Bertz CT molecular complexity index is 374. The van der Waals surface area contributed by atoms with Crippen molar-refractivity contribution in [3.63, 3.8) is 0 Å². The summed E-state index contributed by atoms with van der Waals surface area (Å²) in [6.45, 7) is 0. The molecule has 1 unspecified atom stereocenters. The predicted molar refractivity (Wildman–Crippen MR) is 45.0 cm³/mol. The van der Waals surface area contributed by atoms with E-state index in [1.54, 1.807) is 0 Å². The van der Waals surface area contributed by atoms with Gasteiger partial charge < -0.3 is 0 Å². The third-order valence-corrected chi connectivity index (χ3v) is 2.38. The van der Waals surface area contributed by atoms with Crippen LogP contribution in [0.25, 0.3) is 0 Å². The van der Waals surface area contributed by atoms with Gasteiger partial charge in [0.1, 0.15) is 5.92 Å². The van der Waals surface area contributed by atoms with E-state index < -0.39 is 5.92 Å². The van der Waals surface area contributed by atoms with Gasteiger partial charge in [0.2, 0.25) is 0 Å². The first-order valence-electron chi connectivity index (χ1n) is 4.29. The van der Waals surface area contributed by atoms with E-state index in [1.807, 2.05) is 6.07 Å². The third kappa shape index (κ3) is 1.22. The minimum atomic E-state index is -0.473. The fraction of sp³-hybridized carbons (Fsp3) is 0.444. The number of aromatic nitrogens is 2. The van der Waals surface area contributed by atoms with E-state index in [1.165, 1.54) is 6.20 Å². The molecule has 2 rings (SSSR count). The van der Waals surface area contributed by atoms with Gasteiger partial charge in [-0.25, -0.2) is 0 Å². The molecule has 13 heavy (non-hydrogen) atoms. The molecule has 0 fully saturated rings. The number of carbonyl (C=O) groups is 1. The number of aromatic amines is 1. The first kappa shape index (κ1) is 7.99. The molecule has 0 aromatic carbocycles. The van der Waals surface area contributed by atoms with Crippen LogP contribution in [0.2, 0.25) is 0 Å². The number of nitrogens with one attached hydrogen (secondary N) is 1. The molecule has 1 heterocycles. The molecule has 0 spiro atoms. The van der Waals surface area contributed by atoms with Crippen LogP contribution in [-0.4, -0.2) is 16.0 Å². The molecule has 1 aromatic rings. The van der Waals surface area contributed by atoms with Gasteiger partial charge in [-0.3, -0.25) is 9.89 Å². The summed E-state index contributed by atoms with van der Waals surface area (Å²) < 4.78 is 0. The lowest BCUT2D eigenvalue weighted by atomic mass is 9.99. The summed E-state index contributed by atoms with van der Waals surface area (Å²) in [7, 11) is 0. The Morgan fingerprint density at radius 1 is 1.69 bits per heavy atom. The van der Waals surface area contributed by atoms with Crippen molar-refractivity contribution in [3.05, 3.63) is 17.5 Å². The molecule has 0 amide bonds. The van der Waals surface area contributed by atoms with E-state index in [-0.39, 0.29) is 5.78 Å². The van der Waals surface area contributed by atoms with Gasteiger partial charge in [-0.2, -0.15) is 10.4 Å². The number of hydrogen-bond donors (Lipinski definition) is 1. The Labute approximate surface area is 75.6 Å². The number of aryl methyl sites for hydroxylation is 1. The highest BCUT2D eigenvalue weighted by Crippen LogP contribution is 2.22. The van der Waals surface area contributed by atoms with Crippen LogP contribution in [-0.2, 0) is 6.42 Å². The summed E-state index contributed by atoms with van der Waals surface area (Å²) in [5.74, 6) is -0.553. The van der Waals surface area contributed by atoms with Gasteiger partial charge >= 0.3 is 0 Å². The molecule has 1 aromatic heterocycles. The summed E-state index contributed by atoms with van der Waals surface area (Å²) in [5, 5.41) is 15.3. The predicted octanol–water partition coefficient (Wildman–Crippen LogP) is 1.07. The molecule has 4 nitrogen and oxygen atoms in total. The lowest BCUT2D eigenvalue weighted by Crippen LogP contribution is -2.10. The van der Waals surface area contributed by atoms with Crippen LogP contribution in [0.5, 0.6) is 0 Å². The zero-order valence-electron chi connectivity index (χ0n) is 7.08.